The molecule has 0 atom stereocenters. The zero-order valence-corrected chi connectivity index (χ0v) is 10.4. The monoisotopic (exact) mass is 238 g/mol. The molecule has 90 valence electrons. The van der Waals surface area contributed by atoms with Gasteiger partial charge in [0.25, 0.3) is 0 Å². The first-order chi connectivity index (χ1) is 8.72. The van der Waals surface area contributed by atoms with Crippen LogP contribution in [0, 0.1) is 18.3 Å². The van der Waals surface area contributed by atoms with Crippen molar-refractivity contribution in [3.8, 4) is 6.07 Å². The minimum Gasteiger partial charge on any atom is -0.339 e. The second kappa shape index (κ2) is 5.28. The van der Waals surface area contributed by atoms with Gasteiger partial charge in [-0.15, -0.1) is 10.2 Å². The minimum absolute atomic E-state index is 0.318. The molecule has 1 aromatic carbocycles. The van der Waals surface area contributed by atoms with E-state index in [4.69, 9.17) is 5.26 Å². The van der Waals surface area contributed by atoms with Crippen molar-refractivity contribution in [2.75, 3.05) is 5.32 Å². The molecule has 0 aliphatic carbocycles. The van der Waals surface area contributed by atoms with Gasteiger partial charge in [-0.25, -0.2) is 0 Å². The highest BCUT2D eigenvalue weighted by molar-refractivity contribution is 5.57. The van der Waals surface area contributed by atoms with Gasteiger partial charge in [0, 0.05) is 5.69 Å². The summed E-state index contributed by atoms with van der Waals surface area (Å²) in [5.74, 6) is 0.639. The quantitative estimate of drug-likeness (QED) is 0.893. The Morgan fingerprint density at radius 2 is 2.06 bits per heavy atom. The van der Waals surface area contributed by atoms with E-state index in [1.54, 1.807) is 12.1 Å². The molecule has 1 N–H and O–H groups in total. The van der Waals surface area contributed by atoms with Gasteiger partial charge in [0.2, 0.25) is 0 Å². The van der Waals surface area contributed by atoms with Crippen molar-refractivity contribution in [1.82, 2.24) is 10.2 Å². The maximum absolute atomic E-state index is 8.64. The zero-order valence-electron chi connectivity index (χ0n) is 10.4. The van der Waals surface area contributed by atoms with Crippen LogP contribution in [0.15, 0.2) is 30.3 Å². The van der Waals surface area contributed by atoms with Crippen molar-refractivity contribution in [3.63, 3.8) is 0 Å². The number of nitrogens with one attached hydrogen (secondary N) is 1. The van der Waals surface area contributed by atoms with Crippen LogP contribution in [0.3, 0.4) is 0 Å². The molecule has 18 heavy (non-hydrogen) atoms. The number of nitriles is 1. The molecular formula is C14H14N4. The lowest BCUT2D eigenvalue weighted by Crippen LogP contribution is -1.97. The van der Waals surface area contributed by atoms with Crippen LogP contribution < -0.4 is 5.32 Å². The number of anilines is 2. The largest absolute Gasteiger partial charge is 0.339 e. The molecule has 1 aromatic heterocycles. The Morgan fingerprint density at radius 3 is 2.67 bits per heavy atom. The van der Waals surface area contributed by atoms with E-state index >= 15 is 0 Å². The Labute approximate surface area is 106 Å². The molecule has 0 unspecified atom stereocenters. The van der Waals surface area contributed by atoms with Gasteiger partial charge >= 0.3 is 0 Å². The van der Waals surface area contributed by atoms with Gasteiger partial charge in [0.15, 0.2) is 11.5 Å². The zero-order chi connectivity index (χ0) is 13.0. The van der Waals surface area contributed by atoms with E-state index in [0.717, 1.165) is 12.1 Å². The molecule has 0 aliphatic heterocycles. The lowest BCUT2D eigenvalue weighted by atomic mass is 10.1. The fourth-order valence-corrected chi connectivity index (χ4v) is 1.74. The summed E-state index contributed by atoms with van der Waals surface area (Å²) in [6, 6.07) is 11.5. The van der Waals surface area contributed by atoms with Gasteiger partial charge in [-0.05, 0) is 48.7 Å². The number of rotatable bonds is 3. The van der Waals surface area contributed by atoms with Crippen molar-refractivity contribution in [2.45, 2.75) is 20.3 Å². The highest BCUT2D eigenvalue weighted by Gasteiger charge is 2.01. The summed E-state index contributed by atoms with van der Waals surface area (Å²) in [5, 5.41) is 19.5. The molecule has 0 spiro atoms. The first kappa shape index (κ1) is 12.1. The molecular weight excluding hydrogens is 224 g/mol. The summed E-state index contributed by atoms with van der Waals surface area (Å²) in [6.45, 7) is 4.23. The van der Waals surface area contributed by atoms with Crippen LogP contribution in [0.2, 0.25) is 0 Å². The van der Waals surface area contributed by atoms with E-state index in [0.29, 0.717) is 11.5 Å². The van der Waals surface area contributed by atoms with Crippen LogP contribution in [0.25, 0.3) is 0 Å². The fourth-order valence-electron chi connectivity index (χ4n) is 1.74. The third-order valence-corrected chi connectivity index (χ3v) is 2.78. The highest BCUT2D eigenvalue weighted by atomic mass is 15.2. The Hall–Kier alpha value is -2.41. The van der Waals surface area contributed by atoms with Gasteiger partial charge in [-0.3, -0.25) is 0 Å². The number of aromatic nitrogens is 2. The van der Waals surface area contributed by atoms with Gasteiger partial charge in [0.05, 0.1) is 0 Å². The minimum atomic E-state index is 0.318. The van der Waals surface area contributed by atoms with E-state index < -0.39 is 0 Å². The second-order valence-corrected chi connectivity index (χ2v) is 4.04. The van der Waals surface area contributed by atoms with Crippen molar-refractivity contribution < 1.29 is 0 Å². The second-order valence-electron chi connectivity index (χ2n) is 4.04. The predicted octanol–water partition coefficient (Wildman–Crippen LogP) is 2.96. The molecule has 0 aliphatic rings. The molecule has 4 heteroatoms. The summed E-state index contributed by atoms with van der Waals surface area (Å²) in [4.78, 5) is 0. The van der Waals surface area contributed by atoms with Gasteiger partial charge in [0.1, 0.15) is 6.07 Å². The normalized spacial score (nSPS) is 9.83. The number of benzene rings is 1. The summed E-state index contributed by atoms with van der Waals surface area (Å²) in [7, 11) is 0. The van der Waals surface area contributed by atoms with Crippen molar-refractivity contribution >= 4 is 11.5 Å². The number of nitrogens with zero attached hydrogens (tertiary/aromatic N) is 3. The molecule has 0 amide bonds. The number of hydrogen-bond acceptors (Lipinski definition) is 4. The molecule has 2 rings (SSSR count). The fraction of sp³-hybridized carbons (Fsp3) is 0.214. The predicted molar refractivity (Wildman–Crippen MR) is 70.6 cm³/mol. The summed E-state index contributed by atoms with van der Waals surface area (Å²) in [5.41, 5.74) is 3.89. The molecule has 2 aromatic rings. The average molecular weight is 238 g/mol. The molecule has 1 heterocycles. The van der Waals surface area contributed by atoms with E-state index in [2.05, 4.69) is 41.5 Å². The van der Waals surface area contributed by atoms with Crippen LogP contribution in [-0.4, -0.2) is 10.2 Å². The van der Waals surface area contributed by atoms with Gasteiger partial charge in [-0.2, -0.15) is 5.26 Å². The molecule has 0 bridgehead atoms. The van der Waals surface area contributed by atoms with E-state index in [9.17, 15) is 0 Å². The first-order valence-corrected chi connectivity index (χ1v) is 5.83. The van der Waals surface area contributed by atoms with Crippen molar-refractivity contribution in [3.05, 3.63) is 47.2 Å². The third kappa shape index (κ3) is 2.64. The van der Waals surface area contributed by atoms with Gasteiger partial charge in [-0.1, -0.05) is 13.0 Å². The maximum Gasteiger partial charge on any atom is 0.163 e. The van der Waals surface area contributed by atoms with Gasteiger partial charge < -0.3 is 5.32 Å². The van der Waals surface area contributed by atoms with E-state index in [1.165, 1.54) is 11.1 Å². The van der Waals surface area contributed by atoms with Crippen molar-refractivity contribution in [1.29, 1.82) is 5.26 Å². The van der Waals surface area contributed by atoms with Crippen LogP contribution in [0.1, 0.15) is 23.7 Å². The smallest absolute Gasteiger partial charge is 0.163 e. The standard InChI is InChI=1S/C14H14N4/c1-3-11-8-12(5-4-10(11)2)16-14-7-6-13(9-15)17-18-14/h4-8H,3H2,1-2H3,(H,16,18). The lowest BCUT2D eigenvalue weighted by molar-refractivity contribution is 1.01. The number of aryl methyl sites for hydroxylation is 2. The topological polar surface area (TPSA) is 61.6 Å². The Balaban J connectivity index is 2.20. The third-order valence-electron chi connectivity index (χ3n) is 2.78. The Kier molecular flexibility index (Phi) is 3.54. The SMILES string of the molecule is CCc1cc(Nc2ccc(C#N)nn2)ccc1C. The van der Waals surface area contributed by atoms with Crippen molar-refractivity contribution in [2.24, 2.45) is 0 Å². The summed E-state index contributed by atoms with van der Waals surface area (Å²) >= 11 is 0. The molecule has 0 saturated heterocycles. The Morgan fingerprint density at radius 1 is 1.22 bits per heavy atom. The van der Waals surface area contributed by atoms with E-state index in [-0.39, 0.29) is 0 Å². The van der Waals surface area contributed by atoms with Crippen LogP contribution in [-0.2, 0) is 6.42 Å². The molecule has 4 nitrogen and oxygen atoms in total. The van der Waals surface area contributed by atoms with Crippen LogP contribution in [0.4, 0.5) is 11.5 Å². The lowest BCUT2D eigenvalue weighted by Gasteiger charge is -2.08. The first-order valence-electron chi connectivity index (χ1n) is 5.83. The summed E-state index contributed by atoms with van der Waals surface area (Å²) < 4.78 is 0. The van der Waals surface area contributed by atoms with Crippen LogP contribution in [0.5, 0.6) is 0 Å². The average Bonchev–Trinajstić information content (AvgIpc) is 2.42. The molecule has 0 fully saturated rings. The maximum atomic E-state index is 8.64. The number of hydrogen-bond donors (Lipinski definition) is 1. The molecule has 0 radical (unpaired) electrons. The van der Waals surface area contributed by atoms with E-state index in [1.807, 2.05) is 12.1 Å². The van der Waals surface area contributed by atoms with Crippen LogP contribution >= 0.6 is 0 Å². The summed E-state index contributed by atoms with van der Waals surface area (Å²) in [6.07, 6.45) is 1.00. The molecule has 0 saturated carbocycles. The highest BCUT2D eigenvalue weighted by Crippen LogP contribution is 2.18. The Bertz CT molecular complexity index is 582.